The highest BCUT2D eigenvalue weighted by atomic mass is 15.3. The number of hydrogen-bond donors (Lipinski definition) is 2. The number of nitrogens with two attached hydrogens (primary N) is 1. The number of hydrazine groups is 1. The predicted octanol–water partition coefficient (Wildman–Crippen LogP) is 2.77. The molecule has 2 rings (SSSR count). The number of rotatable bonds is 5. The highest BCUT2D eigenvalue weighted by molar-refractivity contribution is 5.42. The quantitative estimate of drug-likeness (QED) is 0.633. The fourth-order valence-electron chi connectivity index (χ4n) is 3.08. The van der Waals surface area contributed by atoms with Gasteiger partial charge in [0.25, 0.3) is 0 Å². The maximum Gasteiger partial charge on any atom is 0.144 e. The van der Waals surface area contributed by atoms with Crippen molar-refractivity contribution in [2.75, 3.05) is 18.5 Å². The van der Waals surface area contributed by atoms with E-state index in [2.05, 4.69) is 35.2 Å². The third kappa shape index (κ3) is 3.25. The number of nitrogens with zero attached hydrogens (tertiary/aromatic N) is 2. The second-order valence-electron chi connectivity index (χ2n) is 5.64. The van der Waals surface area contributed by atoms with Gasteiger partial charge in [0.2, 0.25) is 0 Å². The summed E-state index contributed by atoms with van der Waals surface area (Å²) in [4.78, 5) is 6.78. The van der Waals surface area contributed by atoms with Crippen LogP contribution in [-0.4, -0.2) is 23.0 Å². The molecule has 0 aromatic carbocycles. The molecule has 1 aromatic rings. The molecule has 0 amide bonds. The normalized spacial score (nSPS) is 19.3. The molecule has 0 bridgehead atoms. The number of pyridine rings is 1. The van der Waals surface area contributed by atoms with Gasteiger partial charge in [-0.25, -0.2) is 10.8 Å². The molecule has 1 fully saturated rings. The summed E-state index contributed by atoms with van der Waals surface area (Å²) in [5, 5.41) is 0. The van der Waals surface area contributed by atoms with Crippen LogP contribution in [-0.2, 0) is 6.54 Å². The van der Waals surface area contributed by atoms with Crippen molar-refractivity contribution in [1.82, 2.24) is 9.88 Å². The zero-order chi connectivity index (χ0) is 13.7. The van der Waals surface area contributed by atoms with Crippen LogP contribution in [0.1, 0.15) is 45.1 Å². The van der Waals surface area contributed by atoms with Gasteiger partial charge in [-0.3, -0.25) is 4.90 Å². The molecule has 106 valence electrons. The molecule has 4 heteroatoms. The van der Waals surface area contributed by atoms with Gasteiger partial charge in [-0.1, -0.05) is 32.8 Å². The molecule has 0 unspecified atom stereocenters. The Morgan fingerprint density at radius 1 is 1.32 bits per heavy atom. The minimum Gasteiger partial charge on any atom is -0.308 e. The summed E-state index contributed by atoms with van der Waals surface area (Å²) in [5.41, 5.74) is 4.46. The van der Waals surface area contributed by atoms with Crippen LogP contribution in [0.2, 0.25) is 0 Å². The maximum atomic E-state index is 5.51. The van der Waals surface area contributed by atoms with E-state index in [9.17, 15) is 0 Å². The highest BCUT2D eigenvalue weighted by Gasteiger charge is 2.31. The largest absolute Gasteiger partial charge is 0.308 e. The second kappa shape index (κ2) is 6.35. The highest BCUT2D eigenvalue weighted by Crippen LogP contribution is 2.38. The van der Waals surface area contributed by atoms with Gasteiger partial charge in [0, 0.05) is 18.3 Å². The molecule has 0 spiro atoms. The summed E-state index contributed by atoms with van der Waals surface area (Å²) in [6.07, 6.45) is 7.01. The van der Waals surface area contributed by atoms with Crippen LogP contribution >= 0.6 is 0 Å². The number of anilines is 1. The van der Waals surface area contributed by atoms with E-state index >= 15 is 0 Å². The molecular formula is C15H26N4. The van der Waals surface area contributed by atoms with Gasteiger partial charge in [0.1, 0.15) is 5.82 Å². The molecule has 1 aromatic heterocycles. The number of piperidine rings is 1. The van der Waals surface area contributed by atoms with Crippen molar-refractivity contribution in [2.45, 2.75) is 46.1 Å². The van der Waals surface area contributed by atoms with Crippen molar-refractivity contribution in [3.63, 3.8) is 0 Å². The lowest BCUT2D eigenvalue weighted by molar-refractivity contribution is 0.0909. The van der Waals surface area contributed by atoms with Crippen LogP contribution in [0.15, 0.2) is 18.3 Å². The fourth-order valence-corrected chi connectivity index (χ4v) is 3.08. The van der Waals surface area contributed by atoms with Gasteiger partial charge < -0.3 is 5.43 Å². The van der Waals surface area contributed by atoms with Crippen LogP contribution in [0, 0.1) is 5.41 Å². The molecule has 4 nitrogen and oxygen atoms in total. The topological polar surface area (TPSA) is 54.2 Å². The van der Waals surface area contributed by atoms with E-state index in [1.807, 2.05) is 6.07 Å². The maximum absolute atomic E-state index is 5.51. The summed E-state index contributed by atoms with van der Waals surface area (Å²) < 4.78 is 0. The zero-order valence-corrected chi connectivity index (χ0v) is 12.2. The van der Waals surface area contributed by atoms with E-state index < -0.39 is 0 Å². The minimum atomic E-state index is 0.584. The number of nitrogens with one attached hydrogen (secondary N) is 1. The molecule has 2 heterocycles. The van der Waals surface area contributed by atoms with E-state index in [4.69, 9.17) is 5.84 Å². The average Bonchev–Trinajstić information content (AvgIpc) is 2.49. The molecule has 0 aliphatic carbocycles. The molecule has 1 saturated heterocycles. The molecule has 19 heavy (non-hydrogen) atoms. The Kier molecular flexibility index (Phi) is 4.77. The first-order chi connectivity index (χ1) is 9.23. The van der Waals surface area contributed by atoms with Crippen molar-refractivity contribution >= 4 is 5.82 Å². The summed E-state index contributed by atoms with van der Waals surface area (Å²) in [6, 6.07) is 4.08. The smallest absolute Gasteiger partial charge is 0.144 e. The molecule has 0 saturated carbocycles. The zero-order valence-electron chi connectivity index (χ0n) is 12.2. The molecule has 0 radical (unpaired) electrons. The van der Waals surface area contributed by atoms with Crippen molar-refractivity contribution in [3.8, 4) is 0 Å². The summed E-state index contributed by atoms with van der Waals surface area (Å²) >= 11 is 0. The first-order valence-corrected chi connectivity index (χ1v) is 7.36. The SMILES string of the molecule is CCC1(CC)CCN(Cc2cccnc2NN)CC1. The van der Waals surface area contributed by atoms with E-state index in [0.717, 1.165) is 12.4 Å². The average molecular weight is 262 g/mol. The van der Waals surface area contributed by atoms with E-state index in [1.54, 1.807) is 6.20 Å². The first kappa shape index (κ1) is 14.3. The lowest BCUT2D eigenvalue weighted by Crippen LogP contribution is -2.39. The van der Waals surface area contributed by atoms with Crippen molar-refractivity contribution < 1.29 is 0 Å². The fraction of sp³-hybridized carbons (Fsp3) is 0.667. The van der Waals surface area contributed by atoms with Crippen molar-refractivity contribution in [2.24, 2.45) is 11.3 Å². The molecule has 0 atom stereocenters. The summed E-state index contributed by atoms with van der Waals surface area (Å²) in [5.74, 6) is 6.31. The predicted molar refractivity (Wildman–Crippen MR) is 79.6 cm³/mol. The molecule has 3 N–H and O–H groups in total. The molecular weight excluding hydrogens is 236 g/mol. The third-order valence-electron chi connectivity index (χ3n) is 4.84. The van der Waals surface area contributed by atoms with E-state index in [1.165, 1.54) is 44.3 Å². The van der Waals surface area contributed by atoms with Gasteiger partial charge >= 0.3 is 0 Å². The Hall–Kier alpha value is -1.13. The number of likely N-dealkylation sites (tertiary alicyclic amines) is 1. The summed E-state index contributed by atoms with van der Waals surface area (Å²) in [6.45, 7) is 7.96. The van der Waals surface area contributed by atoms with Gasteiger partial charge in [-0.05, 0) is 37.4 Å². The first-order valence-electron chi connectivity index (χ1n) is 7.36. The Morgan fingerprint density at radius 3 is 2.58 bits per heavy atom. The van der Waals surface area contributed by atoms with Crippen molar-refractivity contribution in [3.05, 3.63) is 23.9 Å². The van der Waals surface area contributed by atoms with E-state index in [0.29, 0.717) is 5.41 Å². The molecule has 1 aliphatic heterocycles. The minimum absolute atomic E-state index is 0.584. The monoisotopic (exact) mass is 262 g/mol. The number of hydrogen-bond acceptors (Lipinski definition) is 4. The Morgan fingerprint density at radius 2 is 2.00 bits per heavy atom. The lowest BCUT2D eigenvalue weighted by atomic mass is 9.74. The Balaban J connectivity index is 1.95. The number of aromatic nitrogens is 1. The van der Waals surface area contributed by atoms with Crippen LogP contribution in [0.3, 0.4) is 0 Å². The summed E-state index contributed by atoms with van der Waals surface area (Å²) in [7, 11) is 0. The third-order valence-corrected chi connectivity index (χ3v) is 4.84. The standard InChI is InChI=1S/C15H26N4/c1-3-15(4-2)7-10-19(11-8-15)12-13-6-5-9-17-14(13)18-16/h5-6,9H,3-4,7-8,10-12,16H2,1-2H3,(H,17,18). The van der Waals surface area contributed by atoms with Gasteiger partial charge in [-0.2, -0.15) is 0 Å². The second-order valence-corrected chi connectivity index (χ2v) is 5.64. The van der Waals surface area contributed by atoms with Gasteiger partial charge in [0.15, 0.2) is 0 Å². The van der Waals surface area contributed by atoms with Gasteiger partial charge in [-0.15, -0.1) is 0 Å². The van der Waals surface area contributed by atoms with Gasteiger partial charge in [0.05, 0.1) is 0 Å². The molecule has 1 aliphatic rings. The van der Waals surface area contributed by atoms with E-state index in [-0.39, 0.29) is 0 Å². The Labute approximate surface area is 116 Å². The van der Waals surface area contributed by atoms with Crippen molar-refractivity contribution in [1.29, 1.82) is 0 Å². The van der Waals surface area contributed by atoms with Crippen LogP contribution in [0.4, 0.5) is 5.82 Å². The Bertz CT molecular complexity index is 391. The lowest BCUT2D eigenvalue weighted by Gasteiger charge is -2.41. The van der Waals surface area contributed by atoms with Crippen LogP contribution < -0.4 is 11.3 Å². The van der Waals surface area contributed by atoms with Crippen LogP contribution in [0.25, 0.3) is 0 Å². The van der Waals surface area contributed by atoms with Crippen LogP contribution in [0.5, 0.6) is 0 Å². The number of nitrogen functional groups attached to an aromatic ring is 1.